The Balaban J connectivity index is 2.11. The second-order valence-electron chi connectivity index (χ2n) is 6.34. The first kappa shape index (κ1) is 17.3. The molecule has 4 heteroatoms. The van der Waals surface area contributed by atoms with Crippen molar-refractivity contribution in [2.75, 3.05) is 51.2 Å². The minimum Gasteiger partial charge on any atom is -0.372 e. The molecule has 2 unspecified atom stereocenters. The molecule has 1 aromatic carbocycles. The van der Waals surface area contributed by atoms with Crippen LogP contribution < -0.4 is 10.6 Å². The molecule has 2 N–H and O–H groups in total. The third-order valence-electron chi connectivity index (χ3n) is 5.06. The first-order valence-electron chi connectivity index (χ1n) is 8.59. The van der Waals surface area contributed by atoms with Gasteiger partial charge in [0.25, 0.3) is 0 Å². The van der Waals surface area contributed by atoms with Crippen LogP contribution in [0.2, 0.25) is 0 Å². The van der Waals surface area contributed by atoms with Gasteiger partial charge in [-0.05, 0) is 45.5 Å². The standard InChI is InChI=1S/C18H32N4/c1-5-21(6-2)17-9-7-16(8-10-17)18(13-19)22-12-11-20(4)15(3)14-22/h7-10,15,18H,5-6,11-14,19H2,1-4H3. The lowest BCUT2D eigenvalue weighted by Crippen LogP contribution is -2.52. The molecular weight excluding hydrogens is 272 g/mol. The van der Waals surface area contributed by atoms with Gasteiger partial charge in [0.2, 0.25) is 0 Å². The van der Waals surface area contributed by atoms with Crippen LogP contribution in [0.4, 0.5) is 5.69 Å². The van der Waals surface area contributed by atoms with Gasteiger partial charge in [-0.25, -0.2) is 0 Å². The van der Waals surface area contributed by atoms with E-state index in [1.54, 1.807) is 0 Å². The maximum absolute atomic E-state index is 6.10. The number of likely N-dealkylation sites (N-methyl/N-ethyl adjacent to an activating group) is 1. The molecule has 0 aliphatic carbocycles. The quantitative estimate of drug-likeness (QED) is 0.874. The van der Waals surface area contributed by atoms with Crippen molar-refractivity contribution >= 4 is 5.69 Å². The predicted molar refractivity (Wildman–Crippen MR) is 95.5 cm³/mol. The van der Waals surface area contributed by atoms with Crippen LogP contribution in [0.5, 0.6) is 0 Å². The number of piperazine rings is 1. The van der Waals surface area contributed by atoms with Gasteiger partial charge in [-0.2, -0.15) is 0 Å². The number of anilines is 1. The summed E-state index contributed by atoms with van der Waals surface area (Å²) in [5.74, 6) is 0. The molecule has 1 fully saturated rings. The van der Waals surface area contributed by atoms with Crippen molar-refractivity contribution in [2.45, 2.75) is 32.9 Å². The molecule has 1 heterocycles. The van der Waals surface area contributed by atoms with E-state index in [9.17, 15) is 0 Å². The smallest absolute Gasteiger partial charge is 0.0471 e. The Morgan fingerprint density at radius 3 is 2.32 bits per heavy atom. The first-order chi connectivity index (χ1) is 10.6. The summed E-state index contributed by atoms with van der Waals surface area (Å²) in [5, 5.41) is 0. The number of nitrogens with two attached hydrogens (primary N) is 1. The van der Waals surface area contributed by atoms with E-state index in [0.29, 0.717) is 18.6 Å². The van der Waals surface area contributed by atoms with Crippen molar-refractivity contribution in [3.05, 3.63) is 29.8 Å². The summed E-state index contributed by atoms with van der Waals surface area (Å²) in [7, 11) is 2.21. The third-order valence-corrected chi connectivity index (χ3v) is 5.06. The van der Waals surface area contributed by atoms with E-state index in [0.717, 1.165) is 32.7 Å². The number of benzene rings is 1. The fraction of sp³-hybridized carbons (Fsp3) is 0.667. The van der Waals surface area contributed by atoms with Crippen LogP contribution in [0, 0.1) is 0 Å². The molecule has 0 amide bonds. The largest absolute Gasteiger partial charge is 0.372 e. The van der Waals surface area contributed by atoms with Crippen molar-refractivity contribution in [2.24, 2.45) is 5.73 Å². The zero-order valence-corrected chi connectivity index (χ0v) is 14.6. The second-order valence-corrected chi connectivity index (χ2v) is 6.34. The summed E-state index contributed by atoms with van der Waals surface area (Å²) in [6.07, 6.45) is 0. The molecule has 0 saturated carbocycles. The Labute approximate surface area is 135 Å². The maximum Gasteiger partial charge on any atom is 0.0471 e. The molecule has 2 rings (SSSR count). The maximum atomic E-state index is 6.10. The van der Waals surface area contributed by atoms with E-state index in [-0.39, 0.29) is 0 Å². The van der Waals surface area contributed by atoms with Crippen LogP contribution in [0.3, 0.4) is 0 Å². The lowest BCUT2D eigenvalue weighted by atomic mass is 10.0. The summed E-state index contributed by atoms with van der Waals surface area (Å²) in [6, 6.07) is 9.93. The van der Waals surface area contributed by atoms with E-state index in [2.05, 4.69) is 66.8 Å². The van der Waals surface area contributed by atoms with Crippen molar-refractivity contribution in [3.8, 4) is 0 Å². The highest BCUT2D eigenvalue weighted by Gasteiger charge is 2.26. The lowest BCUT2D eigenvalue weighted by molar-refractivity contribution is 0.0741. The fourth-order valence-corrected chi connectivity index (χ4v) is 3.35. The Morgan fingerprint density at radius 1 is 1.18 bits per heavy atom. The van der Waals surface area contributed by atoms with E-state index in [1.807, 2.05) is 0 Å². The fourth-order valence-electron chi connectivity index (χ4n) is 3.35. The zero-order valence-electron chi connectivity index (χ0n) is 14.6. The molecule has 4 nitrogen and oxygen atoms in total. The number of hydrogen-bond acceptors (Lipinski definition) is 4. The van der Waals surface area contributed by atoms with Gasteiger partial charge >= 0.3 is 0 Å². The Morgan fingerprint density at radius 2 is 1.82 bits per heavy atom. The summed E-state index contributed by atoms with van der Waals surface area (Å²) < 4.78 is 0. The Hall–Kier alpha value is -1.10. The van der Waals surface area contributed by atoms with Gasteiger partial charge in [-0.15, -0.1) is 0 Å². The molecule has 22 heavy (non-hydrogen) atoms. The number of hydrogen-bond donors (Lipinski definition) is 1. The van der Waals surface area contributed by atoms with E-state index in [1.165, 1.54) is 11.3 Å². The minimum absolute atomic E-state index is 0.335. The molecule has 1 aromatic rings. The number of nitrogens with zero attached hydrogens (tertiary/aromatic N) is 3. The zero-order chi connectivity index (χ0) is 16.1. The molecule has 0 aromatic heterocycles. The highest BCUT2D eigenvalue weighted by Crippen LogP contribution is 2.25. The van der Waals surface area contributed by atoms with Crippen molar-refractivity contribution < 1.29 is 0 Å². The molecule has 0 radical (unpaired) electrons. The van der Waals surface area contributed by atoms with Gasteiger partial charge in [0, 0.05) is 57.0 Å². The summed E-state index contributed by atoms with van der Waals surface area (Å²) in [6.45, 7) is 12.8. The topological polar surface area (TPSA) is 35.7 Å². The minimum atomic E-state index is 0.335. The molecule has 1 aliphatic rings. The average Bonchev–Trinajstić information content (AvgIpc) is 2.54. The SMILES string of the molecule is CCN(CC)c1ccc(C(CN)N2CCN(C)C(C)C2)cc1. The van der Waals surface area contributed by atoms with Gasteiger partial charge in [0.15, 0.2) is 0 Å². The highest BCUT2D eigenvalue weighted by molar-refractivity contribution is 5.47. The van der Waals surface area contributed by atoms with Crippen LogP contribution in [-0.2, 0) is 0 Å². The van der Waals surface area contributed by atoms with E-state index in [4.69, 9.17) is 5.73 Å². The monoisotopic (exact) mass is 304 g/mol. The summed E-state index contributed by atoms with van der Waals surface area (Å²) >= 11 is 0. The number of rotatable bonds is 6. The molecule has 124 valence electrons. The average molecular weight is 304 g/mol. The van der Waals surface area contributed by atoms with E-state index < -0.39 is 0 Å². The molecule has 0 bridgehead atoms. The van der Waals surface area contributed by atoms with Crippen molar-refractivity contribution in [3.63, 3.8) is 0 Å². The molecule has 2 atom stereocenters. The van der Waals surface area contributed by atoms with Crippen LogP contribution in [0.1, 0.15) is 32.4 Å². The molecular formula is C18H32N4. The van der Waals surface area contributed by atoms with Gasteiger partial charge in [0.05, 0.1) is 0 Å². The lowest BCUT2D eigenvalue weighted by Gasteiger charge is -2.41. The van der Waals surface area contributed by atoms with Gasteiger partial charge < -0.3 is 15.5 Å². The third kappa shape index (κ3) is 3.80. The summed E-state index contributed by atoms with van der Waals surface area (Å²) in [4.78, 5) is 7.34. The van der Waals surface area contributed by atoms with Crippen molar-refractivity contribution in [1.82, 2.24) is 9.80 Å². The first-order valence-corrected chi connectivity index (χ1v) is 8.59. The van der Waals surface area contributed by atoms with Crippen LogP contribution in [0.25, 0.3) is 0 Å². The van der Waals surface area contributed by atoms with Crippen LogP contribution >= 0.6 is 0 Å². The van der Waals surface area contributed by atoms with Gasteiger partial charge in [0.1, 0.15) is 0 Å². The Bertz CT molecular complexity index is 441. The molecule has 1 saturated heterocycles. The molecule has 1 aliphatic heterocycles. The van der Waals surface area contributed by atoms with Crippen LogP contribution in [0.15, 0.2) is 24.3 Å². The molecule has 0 spiro atoms. The van der Waals surface area contributed by atoms with Crippen molar-refractivity contribution in [1.29, 1.82) is 0 Å². The van der Waals surface area contributed by atoms with E-state index >= 15 is 0 Å². The Kier molecular flexibility index (Phi) is 6.24. The summed E-state index contributed by atoms with van der Waals surface area (Å²) in [5.41, 5.74) is 8.75. The normalized spacial score (nSPS) is 21.8. The van der Waals surface area contributed by atoms with Gasteiger partial charge in [-0.3, -0.25) is 4.90 Å². The highest BCUT2D eigenvalue weighted by atomic mass is 15.3. The van der Waals surface area contributed by atoms with Crippen LogP contribution in [-0.4, -0.2) is 62.2 Å². The predicted octanol–water partition coefficient (Wildman–Crippen LogP) is 2.17. The second kappa shape index (κ2) is 7.95. The van der Waals surface area contributed by atoms with Gasteiger partial charge in [-0.1, -0.05) is 12.1 Å².